The number of phenolic OH excluding ortho intramolecular Hbond substituents is 1. The molecule has 0 fully saturated rings. The number of allylic oxidation sites excluding steroid dienone is 1. The second-order valence-electron chi connectivity index (χ2n) is 4.14. The molecule has 4 heteroatoms. The Morgan fingerprint density at radius 1 is 1.16 bits per heavy atom. The molecule has 1 aliphatic heterocycles. The Balaban J connectivity index is 2.03. The van der Waals surface area contributed by atoms with Crippen molar-refractivity contribution < 1.29 is 9.90 Å². The van der Waals surface area contributed by atoms with Gasteiger partial charge in [0.05, 0.1) is 4.91 Å². The largest absolute Gasteiger partial charge is 0.507 e. The van der Waals surface area contributed by atoms with E-state index in [0.29, 0.717) is 21.1 Å². The Bertz CT molecular complexity index is 707. The molecule has 0 atom stereocenters. The van der Waals surface area contributed by atoms with E-state index in [1.54, 1.807) is 18.2 Å². The van der Waals surface area contributed by atoms with Crippen LogP contribution in [0.25, 0.3) is 6.08 Å². The van der Waals surface area contributed by atoms with Gasteiger partial charge in [-0.05, 0) is 36.4 Å². The number of thioether (sulfide) groups is 1. The number of phenols is 1. The predicted molar refractivity (Wildman–Crippen MR) is 77.7 cm³/mol. The fraction of sp³-hybridized carbons (Fsp3) is 0. The first-order chi connectivity index (χ1) is 9.15. The number of carbonyl (C=O) groups excluding carboxylic acids is 1. The fourth-order valence-corrected chi connectivity index (χ4v) is 3.14. The number of hydrogen-bond donors (Lipinski definition) is 1. The lowest BCUT2D eigenvalue weighted by atomic mass is 10.1. The first kappa shape index (κ1) is 12.3. The molecule has 0 radical (unpaired) electrons. The number of hydrogen-bond acceptors (Lipinski definition) is 3. The van der Waals surface area contributed by atoms with Crippen LogP contribution in [-0.2, 0) is 0 Å². The molecule has 3 rings (SSSR count). The van der Waals surface area contributed by atoms with Crippen LogP contribution in [0, 0.1) is 0 Å². The van der Waals surface area contributed by atoms with E-state index in [2.05, 4.69) is 0 Å². The van der Waals surface area contributed by atoms with E-state index in [1.807, 2.05) is 24.3 Å². The van der Waals surface area contributed by atoms with Crippen LogP contribution < -0.4 is 0 Å². The van der Waals surface area contributed by atoms with E-state index in [9.17, 15) is 9.90 Å². The number of halogens is 1. The molecule has 0 saturated heterocycles. The minimum Gasteiger partial charge on any atom is -0.507 e. The zero-order valence-corrected chi connectivity index (χ0v) is 11.3. The van der Waals surface area contributed by atoms with Crippen LogP contribution in [0.2, 0.25) is 5.02 Å². The van der Waals surface area contributed by atoms with Crippen LogP contribution >= 0.6 is 23.4 Å². The third-order valence-electron chi connectivity index (χ3n) is 2.85. The lowest BCUT2D eigenvalue weighted by Crippen LogP contribution is -1.93. The molecule has 0 saturated carbocycles. The van der Waals surface area contributed by atoms with Gasteiger partial charge < -0.3 is 5.11 Å². The molecule has 0 amide bonds. The minimum absolute atomic E-state index is 0.0139. The normalized spacial score (nSPS) is 15.8. The summed E-state index contributed by atoms with van der Waals surface area (Å²) >= 11 is 7.31. The van der Waals surface area contributed by atoms with E-state index in [-0.39, 0.29) is 11.5 Å². The van der Waals surface area contributed by atoms with Crippen LogP contribution in [0.4, 0.5) is 0 Å². The van der Waals surface area contributed by atoms with Crippen LogP contribution in [0.1, 0.15) is 15.9 Å². The van der Waals surface area contributed by atoms with Crippen molar-refractivity contribution in [2.45, 2.75) is 4.90 Å². The minimum atomic E-state index is -0.0139. The number of fused-ring (bicyclic) bond motifs is 1. The number of ketones is 1. The maximum atomic E-state index is 12.2. The average Bonchev–Trinajstić information content (AvgIpc) is 2.72. The maximum absolute atomic E-state index is 12.2. The summed E-state index contributed by atoms with van der Waals surface area (Å²) in [5.74, 6) is 0.0984. The third-order valence-corrected chi connectivity index (χ3v) is 4.19. The maximum Gasteiger partial charge on any atom is 0.200 e. The van der Waals surface area contributed by atoms with Crippen molar-refractivity contribution >= 4 is 35.2 Å². The monoisotopic (exact) mass is 288 g/mol. The third kappa shape index (κ3) is 2.27. The topological polar surface area (TPSA) is 37.3 Å². The van der Waals surface area contributed by atoms with E-state index in [1.165, 1.54) is 17.8 Å². The summed E-state index contributed by atoms with van der Waals surface area (Å²) in [4.78, 5) is 13.7. The molecule has 19 heavy (non-hydrogen) atoms. The lowest BCUT2D eigenvalue weighted by molar-refractivity contribution is 0.104. The van der Waals surface area contributed by atoms with Gasteiger partial charge in [0.25, 0.3) is 0 Å². The van der Waals surface area contributed by atoms with Gasteiger partial charge in [0.1, 0.15) is 5.75 Å². The molecule has 0 unspecified atom stereocenters. The molecule has 1 heterocycles. The average molecular weight is 289 g/mol. The van der Waals surface area contributed by atoms with Gasteiger partial charge in [-0.2, -0.15) is 0 Å². The quantitative estimate of drug-likeness (QED) is 0.792. The zero-order valence-electron chi connectivity index (χ0n) is 9.76. The molecule has 2 aromatic rings. The highest BCUT2D eigenvalue weighted by Gasteiger charge is 2.25. The molecular formula is C15H9ClO2S. The summed E-state index contributed by atoms with van der Waals surface area (Å²) < 4.78 is 0. The Kier molecular flexibility index (Phi) is 3.09. The van der Waals surface area contributed by atoms with Gasteiger partial charge in [-0.25, -0.2) is 0 Å². The molecule has 2 aromatic carbocycles. The van der Waals surface area contributed by atoms with E-state index >= 15 is 0 Å². The molecule has 0 aromatic heterocycles. The van der Waals surface area contributed by atoms with Crippen LogP contribution in [0.5, 0.6) is 5.75 Å². The molecule has 0 spiro atoms. The van der Waals surface area contributed by atoms with Crippen molar-refractivity contribution in [1.29, 1.82) is 0 Å². The van der Waals surface area contributed by atoms with Crippen molar-refractivity contribution in [2.24, 2.45) is 0 Å². The standard InChI is InChI=1S/C15H9ClO2S/c16-10-5-6-12(17)9(7-10)8-14-15(18)11-3-1-2-4-13(11)19-14/h1-8,17H/b14-8+. The van der Waals surface area contributed by atoms with Gasteiger partial charge >= 0.3 is 0 Å². The molecule has 0 bridgehead atoms. The van der Waals surface area contributed by atoms with Crippen LogP contribution in [0.3, 0.4) is 0 Å². The zero-order chi connectivity index (χ0) is 13.4. The summed E-state index contributed by atoms with van der Waals surface area (Å²) in [6, 6.07) is 12.2. The molecule has 0 aliphatic carbocycles. The second kappa shape index (κ2) is 4.76. The van der Waals surface area contributed by atoms with Crippen molar-refractivity contribution in [3.63, 3.8) is 0 Å². The highest BCUT2D eigenvalue weighted by Crippen LogP contribution is 2.41. The van der Waals surface area contributed by atoms with Crippen LogP contribution in [0.15, 0.2) is 52.3 Å². The first-order valence-corrected chi connectivity index (χ1v) is 6.86. The van der Waals surface area contributed by atoms with Gasteiger partial charge in [-0.1, -0.05) is 35.5 Å². The molecule has 1 N–H and O–H groups in total. The predicted octanol–water partition coefficient (Wildman–Crippen LogP) is 4.38. The summed E-state index contributed by atoms with van der Waals surface area (Å²) in [5.41, 5.74) is 1.26. The van der Waals surface area contributed by atoms with Crippen molar-refractivity contribution in [2.75, 3.05) is 0 Å². The first-order valence-electron chi connectivity index (χ1n) is 5.67. The van der Waals surface area contributed by atoms with Crippen molar-refractivity contribution in [3.05, 3.63) is 63.5 Å². The Labute approximate surface area is 119 Å². The highest BCUT2D eigenvalue weighted by atomic mass is 35.5. The second-order valence-corrected chi connectivity index (χ2v) is 5.66. The Hall–Kier alpha value is -1.71. The number of rotatable bonds is 1. The molecule has 1 aliphatic rings. The smallest absolute Gasteiger partial charge is 0.200 e. The van der Waals surface area contributed by atoms with E-state index < -0.39 is 0 Å². The number of Topliss-reactive ketones (excluding diaryl/α,β-unsaturated/α-hetero) is 1. The summed E-state index contributed by atoms with van der Waals surface area (Å²) in [6.45, 7) is 0. The SMILES string of the molecule is O=C1/C(=C\c2cc(Cl)ccc2O)Sc2ccccc21. The van der Waals surface area contributed by atoms with Crippen LogP contribution in [-0.4, -0.2) is 10.9 Å². The Morgan fingerprint density at radius 3 is 2.74 bits per heavy atom. The van der Waals surface area contributed by atoms with Crippen molar-refractivity contribution in [1.82, 2.24) is 0 Å². The molecule has 2 nitrogen and oxygen atoms in total. The van der Waals surface area contributed by atoms with E-state index in [0.717, 1.165) is 4.90 Å². The summed E-state index contributed by atoms with van der Waals surface area (Å²) in [6.07, 6.45) is 1.67. The van der Waals surface area contributed by atoms with Crippen molar-refractivity contribution in [3.8, 4) is 5.75 Å². The Morgan fingerprint density at radius 2 is 1.95 bits per heavy atom. The van der Waals surface area contributed by atoms with Gasteiger partial charge in [-0.15, -0.1) is 0 Å². The fourth-order valence-electron chi connectivity index (χ4n) is 1.92. The van der Waals surface area contributed by atoms with Gasteiger partial charge in [0.2, 0.25) is 5.78 Å². The molecular weight excluding hydrogens is 280 g/mol. The number of benzene rings is 2. The van der Waals surface area contributed by atoms with E-state index in [4.69, 9.17) is 11.6 Å². The van der Waals surface area contributed by atoms with Gasteiger partial charge in [0.15, 0.2) is 0 Å². The summed E-state index contributed by atoms with van der Waals surface area (Å²) in [5, 5.41) is 10.3. The molecule has 94 valence electrons. The highest BCUT2D eigenvalue weighted by molar-refractivity contribution is 8.04. The van der Waals surface area contributed by atoms with Gasteiger partial charge in [-0.3, -0.25) is 4.79 Å². The number of aromatic hydroxyl groups is 1. The lowest BCUT2D eigenvalue weighted by Gasteiger charge is -2.01. The van der Waals surface area contributed by atoms with Gasteiger partial charge in [0, 0.05) is 21.0 Å². The number of carbonyl (C=O) groups is 1. The summed E-state index contributed by atoms with van der Waals surface area (Å²) in [7, 11) is 0.